The van der Waals surface area contributed by atoms with E-state index in [2.05, 4.69) is 0 Å². The van der Waals surface area contributed by atoms with Crippen LogP contribution in [-0.2, 0) is 9.53 Å². The van der Waals surface area contributed by atoms with Gasteiger partial charge in [-0.25, -0.2) is 0 Å². The molecule has 0 bridgehead atoms. The van der Waals surface area contributed by atoms with Crippen LogP contribution in [0.25, 0.3) is 0 Å². The second-order valence-electron chi connectivity index (χ2n) is 4.54. The summed E-state index contributed by atoms with van der Waals surface area (Å²) in [5.74, 6) is -0.416. The summed E-state index contributed by atoms with van der Waals surface area (Å²) in [5.41, 5.74) is 0.844. The fourth-order valence-electron chi connectivity index (χ4n) is 1.51. The first kappa shape index (κ1) is 13.7. The minimum Gasteiger partial charge on any atom is -0.465 e. The molecule has 1 aromatic rings. The van der Waals surface area contributed by atoms with Crippen molar-refractivity contribution in [3.05, 3.63) is 35.9 Å². The zero-order valence-corrected chi connectivity index (χ0v) is 10.4. The normalized spacial score (nSPS) is 12.5. The number of halogens is 1. The lowest BCUT2D eigenvalue weighted by atomic mass is 9.97. The van der Waals surface area contributed by atoms with Gasteiger partial charge in [-0.3, -0.25) is 9.18 Å². The zero-order chi connectivity index (χ0) is 12.7. The van der Waals surface area contributed by atoms with Gasteiger partial charge in [0.1, 0.15) is 0 Å². The van der Waals surface area contributed by atoms with Crippen molar-refractivity contribution in [1.82, 2.24) is 0 Å². The maximum Gasteiger partial charge on any atom is 0.306 e. The van der Waals surface area contributed by atoms with E-state index in [1.54, 1.807) is 0 Å². The lowest BCUT2D eigenvalue weighted by Gasteiger charge is -2.13. The van der Waals surface area contributed by atoms with Gasteiger partial charge in [-0.1, -0.05) is 44.2 Å². The summed E-state index contributed by atoms with van der Waals surface area (Å²) in [6.07, 6.45) is 0.104. The third-order valence-corrected chi connectivity index (χ3v) is 2.45. The Kier molecular flexibility index (Phi) is 5.67. The lowest BCUT2D eigenvalue weighted by Crippen LogP contribution is -2.14. The highest BCUT2D eigenvalue weighted by molar-refractivity contribution is 5.70. The maximum absolute atomic E-state index is 12.9. The van der Waals surface area contributed by atoms with Gasteiger partial charge in [0.25, 0.3) is 0 Å². The standard InChI is InChI=1S/C14H19FO2/c1-11(2)10-17-14(16)8-13(9-15)12-6-4-3-5-7-12/h3-7,11,13H,8-10H2,1-2H3/t13-/m0/s1. The van der Waals surface area contributed by atoms with E-state index in [1.165, 1.54) is 0 Å². The van der Waals surface area contributed by atoms with Gasteiger partial charge in [-0.2, -0.15) is 0 Å². The van der Waals surface area contributed by atoms with Crippen LogP contribution in [0.3, 0.4) is 0 Å². The smallest absolute Gasteiger partial charge is 0.306 e. The van der Waals surface area contributed by atoms with Crippen LogP contribution < -0.4 is 0 Å². The zero-order valence-electron chi connectivity index (χ0n) is 10.4. The molecule has 0 saturated carbocycles. The van der Waals surface area contributed by atoms with Crippen molar-refractivity contribution in [1.29, 1.82) is 0 Å². The molecular formula is C14H19FO2. The molecule has 0 N–H and O–H groups in total. The summed E-state index contributed by atoms with van der Waals surface area (Å²) in [5, 5.41) is 0. The minimum absolute atomic E-state index is 0.104. The number of rotatable bonds is 6. The molecule has 0 saturated heterocycles. The average Bonchev–Trinajstić information content (AvgIpc) is 2.34. The Morgan fingerprint density at radius 1 is 1.29 bits per heavy atom. The largest absolute Gasteiger partial charge is 0.465 e. The Labute approximate surface area is 102 Å². The van der Waals surface area contributed by atoms with Gasteiger partial charge < -0.3 is 4.74 Å². The summed E-state index contributed by atoms with van der Waals surface area (Å²) in [7, 11) is 0. The number of ether oxygens (including phenoxy) is 1. The molecule has 0 spiro atoms. The Morgan fingerprint density at radius 2 is 1.94 bits per heavy atom. The maximum atomic E-state index is 12.9. The SMILES string of the molecule is CC(C)COC(=O)C[C@@H](CF)c1ccccc1. The monoisotopic (exact) mass is 238 g/mol. The summed E-state index contributed by atoms with van der Waals surface area (Å²) < 4.78 is 17.9. The van der Waals surface area contributed by atoms with Crippen molar-refractivity contribution < 1.29 is 13.9 Å². The van der Waals surface area contributed by atoms with E-state index in [1.807, 2.05) is 44.2 Å². The van der Waals surface area contributed by atoms with E-state index < -0.39 is 12.6 Å². The molecule has 2 nitrogen and oxygen atoms in total. The van der Waals surface area contributed by atoms with Gasteiger partial charge in [0.15, 0.2) is 0 Å². The van der Waals surface area contributed by atoms with Gasteiger partial charge in [-0.15, -0.1) is 0 Å². The second kappa shape index (κ2) is 7.05. The predicted octanol–water partition coefficient (Wildman–Crippen LogP) is 3.33. The fourth-order valence-corrected chi connectivity index (χ4v) is 1.51. The Morgan fingerprint density at radius 3 is 2.47 bits per heavy atom. The minimum atomic E-state index is -0.541. The van der Waals surface area contributed by atoms with Crippen LogP contribution in [-0.4, -0.2) is 19.3 Å². The number of carbonyl (C=O) groups is 1. The summed E-state index contributed by atoms with van der Waals surface area (Å²) >= 11 is 0. The molecule has 0 aliphatic carbocycles. The number of alkyl halides is 1. The molecule has 0 amide bonds. The first-order valence-electron chi connectivity index (χ1n) is 5.90. The Hall–Kier alpha value is -1.38. The molecule has 0 aliphatic heterocycles. The van der Waals surface area contributed by atoms with Crippen LogP contribution in [0.4, 0.5) is 4.39 Å². The first-order chi connectivity index (χ1) is 8.13. The van der Waals surface area contributed by atoms with Crippen LogP contribution in [0.2, 0.25) is 0 Å². The van der Waals surface area contributed by atoms with Gasteiger partial charge in [0.2, 0.25) is 0 Å². The molecule has 0 aromatic heterocycles. The van der Waals surface area contributed by atoms with E-state index in [0.29, 0.717) is 12.5 Å². The van der Waals surface area contributed by atoms with Crippen molar-refractivity contribution >= 4 is 5.97 Å². The van der Waals surface area contributed by atoms with Crippen molar-refractivity contribution in [3.63, 3.8) is 0 Å². The fraction of sp³-hybridized carbons (Fsp3) is 0.500. The molecule has 3 heteroatoms. The van der Waals surface area contributed by atoms with E-state index in [9.17, 15) is 9.18 Å². The van der Waals surface area contributed by atoms with Crippen molar-refractivity contribution in [3.8, 4) is 0 Å². The van der Waals surface area contributed by atoms with Crippen molar-refractivity contribution in [2.75, 3.05) is 13.3 Å². The number of hydrogen-bond donors (Lipinski definition) is 0. The highest BCUT2D eigenvalue weighted by Crippen LogP contribution is 2.20. The predicted molar refractivity (Wildman–Crippen MR) is 65.6 cm³/mol. The number of hydrogen-bond acceptors (Lipinski definition) is 2. The second-order valence-corrected chi connectivity index (χ2v) is 4.54. The van der Waals surface area contributed by atoms with E-state index >= 15 is 0 Å². The number of esters is 1. The third-order valence-electron chi connectivity index (χ3n) is 2.45. The van der Waals surface area contributed by atoms with Crippen molar-refractivity contribution in [2.45, 2.75) is 26.2 Å². The van der Waals surface area contributed by atoms with Crippen molar-refractivity contribution in [2.24, 2.45) is 5.92 Å². The molecule has 0 unspecified atom stereocenters. The molecule has 0 aliphatic rings. The van der Waals surface area contributed by atoms with Crippen LogP contribution in [0.1, 0.15) is 31.7 Å². The van der Waals surface area contributed by atoms with Gasteiger partial charge in [0, 0.05) is 5.92 Å². The summed E-state index contributed by atoms with van der Waals surface area (Å²) in [6.45, 7) is 3.79. The highest BCUT2D eigenvalue weighted by atomic mass is 19.1. The van der Waals surface area contributed by atoms with E-state index in [0.717, 1.165) is 5.56 Å². The van der Waals surface area contributed by atoms with Crippen LogP contribution >= 0.6 is 0 Å². The quantitative estimate of drug-likeness (QED) is 0.710. The Bertz CT molecular complexity index is 335. The molecular weight excluding hydrogens is 219 g/mol. The van der Waals surface area contributed by atoms with Gasteiger partial charge >= 0.3 is 5.97 Å². The highest BCUT2D eigenvalue weighted by Gasteiger charge is 2.16. The first-order valence-corrected chi connectivity index (χ1v) is 5.90. The van der Waals surface area contributed by atoms with Crippen LogP contribution in [0.5, 0.6) is 0 Å². The number of carbonyl (C=O) groups excluding carboxylic acids is 1. The summed E-state index contributed by atoms with van der Waals surface area (Å²) in [4.78, 5) is 11.5. The van der Waals surface area contributed by atoms with Gasteiger partial charge in [0.05, 0.1) is 19.7 Å². The van der Waals surface area contributed by atoms with Crippen LogP contribution in [0.15, 0.2) is 30.3 Å². The van der Waals surface area contributed by atoms with Crippen LogP contribution in [0, 0.1) is 5.92 Å². The lowest BCUT2D eigenvalue weighted by molar-refractivity contribution is -0.145. The molecule has 0 fully saturated rings. The number of benzene rings is 1. The van der Waals surface area contributed by atoms with E-state index in [4.69, 9.17) is 4.74 Å². The molecule has 17 heavy (non-hydrogen) atoms. The third kappa shape index (κ3) is 4.98. The van der Waals surface area contributed by atoms with Gasteiger partial charge in [-0.05, 0) is 11.5 Å². The molecule has 94 valence electrons. The molecule has 0 heterocycles. The topological polar surface area (TPSA) is 26.3 Å². The van der Waals surface area contributed by atoms with E-state index in [-0.39, 0.29) is 12.4 Å². The average molecular weight is 238 g/mol. The molecule has 0 radical (unpaired) electrons. The Balaban J connectivity index is 2.50. The molecule has 1 atom stereocenters. The summed E-state index contributed by atoms with van der Waals surface area (Å²) in [6, 6.07) is 9.23. The molecule has 1 aromatic carbocycles. The molecule has 1 rings (SSSR count).